The number of nitrogens with zero attached hydrogens (tertiary/aromatic N) is 2. The lowest BCUT2D eigenvalue weighted by Gasteiger charge is -2.06. The molecule has 0 unspecified atom stereocenters. The lowest BCUT2D eigenvalue weighted by molar-refractivity contribution is 0.790. The molecule has 1 N–H and O–H groups in total. The van der Waals surface area contributed by atoms with Gasteiger partial charge < -0.3 is 9.88 Å². The van der Waals surface area contributed by atoms with Crippen LogP contribution in [0, 0.1) is 0 Å². The van der Waals surface area contributed by atoms with Crippen molar-refractivity contribution in [1.82, 2.24) is 9.55 Å². The first-order valence-corrected chi connectivity index (χ1v) is 6.71. The number of hydrogen-bond acceptors (Lipinski definition) is 3. The van der Waals surface area contributed by atoms with Crippen LogP contribution in [0.25, 0.3) is 0 Å². The van der Waals surface area contributed by atoms with Crippen molar-refractivity contribution in [3.8, 4) is 0 Å². The Morgan fingerprint density at radius 2 is 2.12 bits per heavy atom. The molecular formula is C12H14ClN3S. The fourth-order valence-corrected chi connectivity index (χ4v) is 2.31. The Hall–Kier alpha value is -1.13. The highest BCUT2D eigenvalue weighted by Crippen LogP contribution is 2.16. The van der Waals surface area contributed by atoms with E-state index in [1.807, 2.05) is 48.3 Å². The number of imidazole rings is 1. The molecule has 0 atom stereocenters. The van der Waals surface area contributed by atoms with Gasteiger partial charge in [0.1, 0.15) is 0 Å². The average molecular weight is 268 g/mol. The summed E-state index contributed by atoms with van der Waals surface area (Å²) in [7, 11) is 2.00. The van der Waals surface area contributed by atoms with Gasteiger partial charge in [-0.25, -0.2) is 4.98 Å². The van der Waals surface area contributed by atoms with E-state index in [2.05, 4.69) is 10.3 Å². The zero-order valence-corrected chi connectivity index (χ0v) is 11.1. The van der Waals surface area contributed by atoms with Gasteiger partial charge in [0.25, 0.3) is 0 Å². The molecule has 5 heteroatoms. The highest BCUT2D eigenvalue weighted by molar-refractivity contribution is 7.99. The van der Waals surface area contributed by atoms with Gasteiger partial charge >= 0.3 is 0 Å². The maximum Gasteiger partial charge on any atom is 0.167 e. The highest BCUT2D eigenvalue weighted by Gasteiger charge is 1.99. The molecule has 2 aromatic rings. The molecule has 0 saturated carbocycles. The maximum atomic E-state index is 5.82. The van der Waals surface area contributed by atoms with Gasteiger partial charge in [-0.2, -0.15) is 0 Å². The minimum Gasteiger partial charge on any atom is -0.384 e. The summed E-state index contributed by atoms with van der Waals surface area (Å²) >= 11 is 7.55. The van der Waals surface area contributed by atoms with Crippen molar-refractivity contribution in [1.29, 1.82) is 0 Å². The molecule has 0 aliphatic heterocycles. The molecule has 1 aromatic heterocycles. The van der Waals surface area contributed by atoms with E-state index < -0.39 is 0 Å². The monoisotopic (exact) mass is 267 g/mol. The van der Waals surface area contributed by atoms with Crippen LogP contribution in [-0.2, 0) is 7.05 Å². The molecule has 0 bridgehead atoms. The molecule has 0 aliphatic rings. The van der Waals surface area contributed by atoms with E-state index in [4.69, 9.17) is 11.6 Å². The molecule has 0 spiro atoms. The van der Waals surface area contributed by atoms with Crippen molar-refractivity contribution in [3.05, 3.63) is 41.7 Å². The average Bonchev–Trinajstić information content (AvgIpc) is 2.73. The van der Waals surface area contributed by atoms with Crippen LogP contribution in [0.1, 0.15) is 0 Å². The Balaban J connectivity index is 1.73. The number of thioether (sulfide) groups is 1. The van der Waals surface area contributed by atoms with Crippen LogP contribution in [0.3, 0.4) is 0 Å². The van der Waals surface area contributed by atoms with Crippen LogP contribution in [0.2, 0.25) is 5.02 Å². The van der Waals surface area contributed by atoms with E-state index >= 15 is 0 Å². The third-order valence-corrected chi connectivity index (χ3v) is 3.60. The second-order valence-electron chi connectivity index (χ2n) is 3.60. The van der Waals surface area contributed by atoms with Crippen LogP contribution in [0.4, 0.5) is 5.69 Å². The molecule has 90 valence electrons. The third kappa shape index (κ3) is 3.68. The van der Waals surface area contributed by atoms with Gasteiger partial charge in [0, 0.05) is 42.4 Å². The van der Waals surface area contributed by atoms with Gasteiger partial charge in [-0.3, -0.25) is 0 Å². The summed E-state index contributed by atoms with van der Waals surface area (Å²) in [6.45, 7) is 0.902. The quantitative estimate of drug-likeness (QED) is 0.666. The van der Waals surface area contributed by atoms with E-state index in [1.165, 1.54) is 0 Å². The fraction of sp³-hybridized carbons (Fsp3) is 0.250. The van der Waals surface area contributed by atoms with Gasteiger partial charge in [-0.05, 0) is 24.3 Å². The maximum absolute atomic E-state index is 5.82. The number of aromatic nitrogens is 2. The zero-order valence-electron chi connectivity index (χ0n) is 9.56. The predicted molar refractivity (Wildman–Crippen MR) is 73.9 cm³/mol. The van der Waals surface area contributed by atoms with Crippen molar-refractivity contribution in [2.75, 3.05) is 17.6 Å². The minimum absolute atomic E-state index is 0.762. The largest absolute Gasteiger partial charge is 0.384 e. The highest BCUT2D eigenvalue weighted by atomic mass is 35.5. The van der Waals surface area contributed by atoms with Crippen LogP contribution in [-0.4, -0.2) is 21.8 Å². The summed E-state index contributed by atoms with van der Waals surface area (Å²) in [5.74, 6) is 0.980. The van der Waals surface area contributed by atoms with Crippen molar-refractivity contribution >= 4 is 29.1 Å². The van der Waals surface area contributed by atoms with E-state index in [0.717, 1.165) is 28.2 Å². The summed E-state index contributed by atoms with van der Waals surface area (Å²) in [4.78, 5) is 4.25. The molecule has 0 amide bonds. The lowest BCUT2D eigenvalue weighted by atomic mass is 10.3. The number of benzene rings is 1. The standard InChI is InChI=1S/C12H14ClN3S/c1-16-8-6-15-12(16)17-9-7-14-11-4-2-10(13)3-5-11/h2-6,8,14H,7,9H2,1H3. The molecule has 2 rings (SSSR count). The molecule has 3 nitrogen and oxygen atoms in total. The Morgan fingerprint density at radius 1 is 1.35 bits per heavy atom. The number of anilines is 1. The second kappa shape index (κ2) is 5.98. The van der Waals surface area contributed by atoms with Crippen molar-refractivity contribution < 1.29 is 0 Å². The molecule has 1 aromatic carbocycles. The van der Waals surface area contributed by atoms with Crippen molar-refractivity contribution in [2.24, 2.45) is 7.05 Å². The summed E-state index contributed by atoms with van der Waals surface area (Å²) in [5, 5.41) is 5.14. The molecular weight excluding hydrogens is 254 g/mol. The smallest absolute Gasteiger partial charge is 0.167 e. The summed E-state index contributed by atoms with van der Waals surface area (Å²) in [6, 6.07) is 7.73. The van der Waals surface area contributed by atoms with E-state index in [0.29, 0.717) is 0 Å². The Kier molecular flexibility index (Phi) is 4.34. The van der Waals surface area contributed by atoms with Gasteiger partial charge in [0.2, 0.25) is 0 Å². The van der Waals surface area contributed by atoms with Gasteiger partial charge in [-0.1, -0.05) is 23.4 Å². The van der Waals surface area contributed by atoms with Crippen molar-refractivity contribution in [2.45, 2.75) is 5.16 Å². The van der Waals surface area contributed by atoms with Crippen molar-refractivity contribution in [3.63, 3.8) is 0 Å². The summed E-state index contributed by atoms with van der Waals surface area (Å²) in [6.07, 6.45) is 3.77. The van der Waals surface area contributed by atoms with Gasteiger partial charge in [0.15, 0.2) is 5.16 Å². The predicted octanol–water partition coefficient (Wildman–Crippen LogP) is 3.28. The lowest BCUT2D eigenvalue weighted by Crippen LogP contribution is -2.04. The minimum atomic E-state index is 0.762. The second-order valence-corrected chi connectivity index (χ2v) is 5.10. The molecule has 1 heterocycles. The van der Waals surface area contributed by atoms with E-state index in [-0.39, 0.29) is 0 Å². The molecule has 0 fully saturated rings. The van der Waals surface area contributed by atoms with Gasteiger partial charge in [-0.15, -0.1) is 0 Å². The number of rotatable bonds is 5. The molecule has 0 aliphatic carbocycles. The molecule has 17 heavy (non-hydrogen) atoms. The molecule has 0 radical (unpaired) electrons. The summed E-state index contributed by atoms with van der Waals surface area (Å²) < 4.78 is 2.02. The molecule has 0 saturated heterocycles. The number of aryl methyl sites for hydroxylation is 1. The number of hydrogen-bond donors (Lipinski definition) is 1. The number of nitrogens with one attached hydrogen (secondary N) is 1. The Bertz CT molecular complexity index is 467. The third-order valence-electron chi connectivity index (χ3n) is 2.28. The first kappa shape index (κ1) is 12.3. The first-order chi connectivity index (χ1) is 8.25. The van der Waals surface area contributed by atoms with Crippen LogP contribution in [0.15, 0.2) is 41.8 Å². The fourth-order valence-electron chi connectivity index (χ4n) is 1.40. The normalized spacial score (nSPS) is 10.5. The van der Waals surface area contributed by atoms with E-state index in [1.54, 1.807) is 11.8 Å². The number of halogens is 1. The SMILES string of the molecule is Cn1ccnc1SCCNc1ccc(Cl)cc1. The van der Waals surface area contributed by atoms with Gasteiger partial charge in [0.05, 0.1) is 0 Å². The first-order valence-electron chi connectivity index (χ1n) is 5.35. The van der Waals surface area contributed by atoms with E-state index in [9.17, 15) is 0 Å². The Labute approximate surface area is 110 Å². The Morgan fingerprint density at radius 3 is 2.76 bits per heavy atom. The zero-order chi connectivity index (χ0) is 12.1. The van der Waals surface area contributed by atoms with Crippen LogP contribution in [0.5, 0.6) is 0 Å². The summed E-state index contributed by atoms with van der Waals surface area (Å²) in [5.41, 5.74) is 1.09. The van der Waals surface area contributed by atoms with Crippen LogP contribution >= 0.6 is 23.4 Å². The topological polar surface area (TPSA) is 29.9 Å². The van der Waals surface area contributed by atoms with Crippen LogP contribution < -0.4 is 5.32 Å².